The Kier molecular flexibility index (Phi) is 13.1. The summed E-state index contributed by atoms with van der Waals surface area (Å²) >= 11 is 12.3. The number of benzene rings is 3. The largest absolute Gasteiger partial charge is 0.416 e. The van der Waals surface area contributed by atoms with Gasteiger partial charge >= 0.3 is 6.18 Å². The van der Waals surface area contributed by atoms with Crippen molar-refractivity contribution in [3.63, 3.8) is 0 Å². The summed E-state index contributed by atoms with van der Waals surface area (Å²) in [5, 5.41) is 3.52. The molecule has 1 atom stereocenters. The number of nitrogens with zero attached hydrogens (tertiary/aromatic N) is 2. The molecule has 0 unspecified atom stereocenters. The van der Waals surface area contributed by atoms with Crippen LogP contribution in [0.4, 0.5) is 18.9 Å². The molecule has 0 fully saturated rings. The molecule has 3 aromatic rings. The topological polar surface area (TPSA) is 86.8 Å². The number of sulfonamides is 1. The zero-order valence-corrected chi connectivity index (χ0v) is 27.3. The van der Waals surface area contributed by atoms with Gasteiger partial charge in [0.1, 0.15) is 6.04 Å². The van der Waals surface area contributed by atoms with E-state index in [0.29, 0.717) is 17.1 Å². The molecule has 0 aliphatic rings. The van der Waals surface area contributed by atoms with Crippen LogP contribution in [-0.4, -0.2) is 50.5 Å². The Morgan fingerprint density at radius 3 is 2.24 bits per heavy atom. The maximum Gasteiger partial charge on any atom is 0.416 e. The van der Waals surface area contributed by atoms with Crippen molar-refractivity contribution in [1.29, 1.82) is 0 Å². The lowest BCUT2D eigenvalue weighted by Crippen LogP contribution is -2.50. The van der Waals surface area contributed by atoms with Crippen molar-refractivity contribution in [1.82, 2.24) is 10.2 Å². The molecular formula is C32H36Cl2F3N3O4S. The molecule has 0 radical (unpaired) electrons. The predicted octanol–water partition coefficient (Wildman–Crippen LogP) is 7.11. The molecule has 0 saturated carbocycles. The molecular weight excluding hydrogens is 650 g/mol. The monoisotopic (exact) mass is 685 g/mol. The molecule has 244 valence electrons. The van der Waals surface area contributed by atoms with E-state index in [1.54, 1.807) is 18.2 Å². The lowest BCUT2D eigenvalue weighted by Gasteiger charge is -2.32. The third kappa shape index (κ3) is 10.9. The quantitative estimate of drug-likeness (QED) is 0.173. The maximum absolute atomic E-state index is 13.9. The van der Waals surface area contributed by atoms with Crippen molar-refractivity contribution in [3.8, 4) is 0 Å². The Morgan fingerprint density at radius 2 is 1.62 bits per heavy atom. The first-order valence-electron chi connectivity index (χ1n) is 14.4. The van der Waals surface area contributed by atoms with E-state index in [4.69, 9.17) is 23.2 Å². The SMILES string of the molecule is CCCCNC(=O)[C@H](Cc1ccccc1)N(Cc1ccc(Cl)c(Cl)c1)C(=O)CCCN(c1cccc(C(F)(F)F)c1)S(C)(=O)=O. The van der Waals surface area contributed by atoms with Gasteiger partial charge in [0, 0.05) is 32.5 Å². The standard InChI is InChI=1S/C32H36Cl2F3N3O4S/c1-3-4-17-38-31(42)29(20-23-10-6-5-7-11-23)39(22-24-15-16-27(33)28(34)19-24)30(41)14-9-18-40(45(2,43)44)26-13-8-12-25(21-26)32(35,36)37/h5-8,10-13,15-16,19,21,29H,3-4,9,14,17-18,20,22H2,1-2H3,(H,38,42)/t29-/m0/s1. The lowest BCUT2D eigenvalue weighted by molar-refractivity contribution is -0.141. The zero-order valence-electron chi connectivity index (χ0n) is 25.0. The van der Waals surface area contributed by atoms with Crippen molar-refractivity contribution in [2.75, 3.05) is 23.7 Å². The Hall–Kier alpha value is -3.28. The number of rotatable bonds is 15. The summed E-state index contributed by atoms with van der Waals surface area (Å²) in [6.07, 6.45) is -2.14. The van der Waals surface area contributed by atoms with Crippen LogP contribution in [0, 0.1) is 0 Å². The average molecular weight is 687 g/mol. The van der Waals surface area contributed by atoms with Crippen molar-refractivity contribution in [2.45, 2.75) is 57.8 Å². The first-order chi connectivity index (χ1) is 21.2. The molecule has 7 nitrogen and oxygen atoms in total. The summed E-state index contributed by atoms with van der Waals surface area (Å²) in [6, 6.07) is 17.2. The Balaban J connectivity index is 1.91. The van der Waals surface area contributed by atoms with Gasteiger partial charge in [-0.3, -0.25) is 13.9 Å². The molecule has 0 saturated heterocycles. The molecule has 45 heavy (non-hydrogen) atoms. The highest BCUT2D eigenvalue weighted by molar-refractivity contribution is 7.92. The van der Waals surface area contributed by atoms with Gasteiger partial charge in [-0.25, -0.2) is 8.42 Å². The molecule has 1 N–H and O–H groups in total. The highest BCUT2D eigenvalue weighted by Gasteiger charge is 2.33. The van der Waals surface area contributed by atoms with Crippen LogP contribution in [0.15, 0.2) is 72.8 Å². The van der Waals surface area contributed by atoms with Gasteiger partial charge in [0.25, 0.3) is 0 Å². The second-order valence-corrected chi connectivity index (χ2v) is 13.3. The molecule has 0 aliphatic heterocycles. The predicted molar refractivity (Wildman–Crippen MR) is 172 cm³/mol. The van der Waals surface area contributed by atoms with Crippen molar-refractivity contribution < 1.29 is 31.2 Å². The van der Waals surface area contributed by atoms with Crippen LogP contribution in [0.5, 0.6) is 0 Å². The minimum atomic E-state index is -4.66. The molecule has 0 aromatic heterocycles. The van der Waals surface area contributed by atoms with Crippen LogP contribution < -0.4 is 9.62 Å². The molecule has 0 heterocycles. The average Bonchev–Trinajstić information content (AvgIpc) is 2.98. The van der Waals surface area contributed by atoms with E-state index < -0.39 is 33.7 Å². The normalized spacial score (nSPS) is 12.4. The third-order valence-corrected chi connectivity index (χ3v) is 8.98. The number of anilines is 1. The van der Waals surface area contributed by atoms with Gasteiger partial charge in [0.2, 0.25) is 21.8 Å². The van der Waals surface area contributed by atoms with E-state index in [-0.39, 0.29) is 49.0 Å². The Morgan fingerprint density at radius 1 is 0.911 bits per heavy atom. The summed E-state index contributed by atoms with van der Waals surface area (Å²) in [5.74, 6) is -0.785. The second-order valence-electron chi connectivity index (χ2n) is 10.6. The molecule has 3 rings (SSSR count). The number of unbranched alkanes of at least 4 members (excludes halogenated alkanes) is 1. The second kappa shape index (κ2) is 16.3. The molecule has 0 bridgehead atoms. The third-order valence-electron chi connectivity index (χ3n) is 7.05. The van der Waals surface area contributed by atoms with Crippen molar-refractivity contribution in [2.24, 2.45) is 0 Å². The molecule has 0 spiro atoms. The zero-order chi connectivity index (χ0) is 33.2. The fourth-order valence-corrected chi connectivity index (χ4v) is 6.01. The number of amides is 2. The van der Waals surface area contributed by atoms with E-state index in [1.165, 1.54) is 11.0 Å². The smallest absolute Gasteiger partial charge is 0.354 e. The summed E-state index contributed by atoms with van der Waals surface area (Å²) < 4.78 is 66.0. The fourth-order valence-electron chi connectivity index (χ4n) is 4.74. The van der Waals surface area contributed by atoms with Gasteiger partial charge in [-0.15, -0.1) is 0 Å². The van der Waals surface area contributed by atoms with Gasteiger partial charge in [0.05, 0.1) is 27.6 Å². The van der Waals surface area contributed by atoms with E-state index in [2.05, 4.69) is 5.32 Å². The first-order valence-corrected chi connectivity index (χ1v) is 17.0. The number of hydrogen-bond donors (Lipinski definition) is 1. The number of halogens is 5. The minimum absolute atomic E-state index is 0.0117. The van der Waals surface area contributed by atoms with Crippen LogP contribution in [0.25, 0.3) is 0 Å². The van der Waals surface area contributed by atoms with E-state index >= 15 is 0 Å². The highest BCUT2D eigenvalue weighted by atomic mass is 35.5. The molecule has 2 amide bonds. The van der Waals surface area contributed by atoms with Gasteiger partial charge in [-0.05, 0) is 54.3 Å². The summed E-state index contributed by atoms with van der Waals surface area (Å²) in [7, 11) is -3.99. The highest BCUT2D eigenvalue weighted by Crippen LogP contribution is 2.32. The van der Waals surface area contributed by atoms with E-state index in [9.17, 15) is 31.2 Å². The van der Waals surface area contributed by atoms with Crippen LogP contribution in [0.1, 0.15) is 49.3 Å². The Bertz CT molecular complexity index is 1560. The number of alkyl halides is 3. The minimum Gasteiger partial charge on any atom is -0.354 e. The number of carbonyl (C=O) groups excluding carboxylic acids is 2. The lowest BCUT2D eigenvalue weighted by atomic mass is 10.0. The molecule has 0 aliphatic carbocycles. The molecule has 3 aromatic carbocycles. The van der Waals surface area contributed by atoms with Crippen LogP contribution in [-0.2, 0) is 38.8 Å². The Labute approximate surface area is 272 Å². The fraction of sp³-hybridized carbons (Fsp3) is 0.375. The summed E-state index contributed by atoms with van der Waals surface area (Å²) in [5.41, 5.74) is 0.298. The number of nitrogens with one attached hydrogen (secondary N) is 1. The summed E-state index contributed by atoms with van der Waals surface area (Å²) in [6.45, 7) is 2.18. The van der Waals surface area contributed by atoms with Gasteiger partial charge in [-0.2, -0.15) is 13.2 Å². The molecule has 13 heteroatoms. The van der Waals surface area contributed by atoms with Gasteiger partial charge in [0.15, 0.2) is 0 Å². The first kappa shape index (κ1) is 36.2. The number of hydrogen-bond acceptors (Lipinski definition) is 4. The summed E-state index contributed by atoms with van der Waals surface area (Å²) in [4.78, 5) is 28.9. The van der Waals surface area contributed by atoms with Crippen LogP contribution >= 0.6 is 23.2 Å². The maximum atomic E-state index is 13.9. The van der Waals surface area contributed by atoms with E-state index in [1.807, 2.05) is 37.3 Å². The van der Waals surface area contributed by atoms with Crippen molar-refractivity contribution in [3.05, 3.63) is 99.5 Å². The van der Waals surface area contributed by atoms with Gasteiger partial charge < -0.3 is 10.2 Å². The van der Waals surface area contributed by atoms with Crippen molar-refractivity contribution >= 4 is 50.7 Å². The van der Waals surface area contributed by atoms with Gasteiger partial charge in [-0.1, -0.05) is 79.0 Å². The van der Waals surface area contributed by atoms with E-state index in [0.717, 1.165) is 47.2 Å². The van der Waals surface area contributed by atoms with Crippen LogP contribution in [0.3, 0.4) is 0 Å². The number of carbonyl (C=O) groups is 2. The van der Waals surface area contributed by atoms with Crippen LogP contribution in [0.2, 0.25) is 10.0 Å².